The highest BCUT2D eigenvalue weighted by molar-refractivity contribution is 7.09. The van der Waals surface area contributed by atoms with E-state index in [1.807, 2.05) is 12.1 Å². The summed E-state index contributed by atoms with van der Waals surface area (Å²) >= 11 is 1.04. The molecule has 1 atom stereocenters. The van der Waals surface area contributed by atoms with Crippen LogP contribution in [0.2, 0.25) is 0 Å². The molecule has 2 aromatic carbocycles. The van der Waals surface area contributed by atoms with Gasteiger partial charge in [-0.3, -0.25) is 9.78 Å². The maximum absolute atomic E-state index is 11.3. The Morgan fingerprint density at radius 3 is 2.42 bits per heavy atom. The number of aromatic amines is 1. The van der Waals surface area contributed by atoms with Crippen molar-refractivity contribution in [2.24, 2.45) is 0 Å². The predicted molar refractivity (Wildman–Crippen MR) is 129 cm³/mol. The molecule has 0 aliphatic carbocycles. The maximum Gasteiger partial charge on any atom is 0.307 e. The van der Waals surface area contributed by atoms with Crippen LogP contribution < -0.4 is 19.8 Å². The van der Waals surface area contributed by atoms with E-state index in [0.717, 1.165) is 48.5 Å². The number of hydrogen-bond acceptors (Lipinski definition) is 8. The lowest BCUT2D eigenvalue weighted by molar-refractivity contribution is 0.102. The Labute approximate surface area is 196 Å². The highest BCUT2D eigenvalue weighted by Gasteiger charge is 2.20. The number of H-pyrrole nitrogens is 1. The van der Waals surface area contributed by atoms with E-state index < -0.39 is 6.10 Å². The van der Waals surface area contributed by atoms with Crippen LogP contribution in [0.15, 0.2) is 53.3 Å². The number of aliphatic hydroxyl groups is 1. The van der Waals surface area contributed by atoms with Crippen molar-refractivity contribution in [3.63, 3.8) is 0 Å². The number of aromatic nitrogens is 1. The third kappa shape index (κ3) is 6.50. The van der Waals surface area contributed by atoms with Crippen LogP contribution >= 0.6 is 11.3 Å². The van der Waals surface area contributed by atoms with Gasteiger partial charge in [-0.2, -0.15) is 0 Å². The van der Waals surface area contributed by atoms with Gasteiger partial charge in [0, 0.05) is 37.8 Å². The number of phenolic OH excluding ortho intramolecular Hbond substituents is 1. The zero-order valence-corrected chi connectivity index (χ0v) is 19.1. The first-order chi connectivity index (χ1) is 16.0. The van der Waals surface area contributed by atoms with Crippen LogP contribution in [0.3, 0.4) is 0 Å². The van der Waals surface area contributed by atoms with Gasteiger partial charge in [0.1, 0.15) is 24.2 Å². The predicted octanol–water partition coefficient (Wildman–Crippen LogP) is 2.44. The Bertz CT molecular complexity index is 1070. The lowest BCUT2D eigenvalue weighted by Crippen LogP contribution is -2.45. The summed E-state index contributed by atoms with van der Waals surface area (Å²) < 4.78 is 5.55. The molecular formula is C24H29N3O5S. The molecule has 5 N–H and O–H groups in total. The molecule has 2 heterocycles. The number of nitrogens with zero attached hydrogens (tertiary/aromatic N) is 1. The van der Waals surface area contributed by atoms with Crippen LogP contribution in [-0.4, -0.2) is 58.7 Å². The lowest BCUT2D eigenvalue weighted by atomic mass is 10.0. The van der Waals surface area contributed by atoms with Crippen LogP contribution in [0.25, 0.3) is 0 Å². The van der Waals surface area contributed by atoms with E-state index in [2.05, 4.69) is 27.3 Å². The Hall–Kier alpha value is -3.01. The fraction of sp³-hybridized carbons (Fsp3) is 0.375. The van der Waals surface area contributed by atoms with Crippen molar-refractivity contribution in [3.05, 3.63) is 68.6 Å². The fourth-order valence-electron chi connectivity index (χ4n) is 3.92. The molecule has 1 aliphatic rings. The minimum atomic E-state index is -0.609. The lowest BCUT2D eigenvalue weighted by Gasteiger charge is -2.34. The van der Waals surface area contributed by atoms with Gasteiger partial charge in [-0.05, 0) is 54.8 Å². The molecule has 0 unspecified atom stereocenters. The van der Waals surface area contributed by atoms with E-state index in [-0.39, 0.29) is 23.1 Å². The fourth-order valence-corrected chi connectivity index (χ4v) is 4.68. The Kier molecular flexibility index (Phi) is 7.54. The number of anilines is 1. The number of nitrogens with one attached hydrogen (secondary N) is 2. The van der Waals surface area contributed by atoms with Gasteiger partial charge in [0.2, 0.25) is 5.88 Å². The molecule has 8 nitrogen and oxygen atoms in total. The highest BCUT2D eigenvalue weighted by Crippen LogP contribution is 2.24. The second kappa shape index (κ2) is 10.7. The normalized spacial score (nSPS) is 15.5. The van der Waals surface area contributed by atoms with Crippen molar-refractivity contribution in [3.8, 4) is 17.4 Å². The summed E-state index contributed by atoms with van der Waals surface area (Å²) in [6, 6.07) is 15.0. The van der Waals surface area contributed by atoms with Crippen molar-refractivity contribution in [2.45, 2.75) is 31.4 Å². The van der Waals surface area contributed by atoms with Crippen LogP contribution in [0.5, 0.6) is 17.4 Å². The SMILES string of the molecule is O=c1[nH]c(O)c(Cc2ccc(N3CCC(NC[C@H](O)COc4ccc(O)cc4)CC3)cc2)s1. The van der Waals surface area contributed by atoms with Gasteiger partial charge in [-0.15, -0.1) is 0 Å². The summed E-state index contributed by atoms with van der Waals surface area (Å²) in [7, 11) is 0. The van der Waals surface area contributed by atoms with E-state index in [4.69, 9.17) is 4.74 Å². The molecule has 1 saturated heterocycles. The smallest absolute Gasteiger partial charge is 0.307 e. The van der Waals surface area contributed by atoms with E-state index in [1.165, 1.54) is 0 Å². The molecule has 1 aliphatic heterocycles. The molecule has 9 heteroatoms. The second-order valence-electron chi connectivity index (χ2n) is 8.26. The summed E-state index contributed by atoms with van der Waals surface area (Å²) in [5.41, 5.74) is 2.20. The van der Waals surface area contributed by atoms with Gasteiger partial charge in [0.15, 0.2) is 0 Å². The molecule has 0 radical (unpaired) electrons. The van der Waals surface area contributed by atoms with E-state index in [9.17, 15) is 20.1 Å². The molecule has 4 rings (SSSR count). The molecular weight excluding hydrogens is 442 g/mol. The molecule has 0 amide bonds. The van der Waals surface area contributed by atoms with Crippen molar-refractivity contribution >= 4 is 17.0 Å². The molecule has 176 valence electrons. The van der Waals surface area contributed by atoms with Gasteiger partial charge < -0.3 is 30.3 Å². The van der Waals surface area contributed by atoms with Crippen molar-refractivity contribution in [1.82, 2.24) is 10.3 Å². The number of benzene rings is 2. The third-order valence-corrected chi connectivity index (χ3v) is 6.65. The van der Waals surface area contributed by atoms with Crippen molar-refractivity contribution in [2.75, 3.05) is 31.1 Å². The summed E-state index contributed by atoms with van der Waals surface area (Å²) in [5.74, 6) is 0.760. The topological polar surface area (TPSA) is 118 Å². The summed E-state index contributed by atoms with van der Waals surface area (Å²) in [6.07, 6.45) is 1.89. The molecule has 3 aromatic rings. The molecule has 0 spiro atoms. The monoisotopic (exact) mass is 471 g/mol. The number of ether oxygens (including phenoxy) is 1. The highest BCUT2D eigenvalue weighted by atomic mass is 32.1. The molecule has 1 fully saturated rings. The summed E-state index contributed by atoms with van der Waals surface area (Å²) in [6.45, 7) is 2.52. The number of aromatic hydroxyl groups is 2. The summed E-state index contributed by atoms with van der Waals surface area (Å²) in [4.78, 5) is 16.5. The average molecular weight is 472 g/mol. The van der Waals surface area contributed by atoms with Crippen molar-refractivity contribution < 1.29 is 20.1 Å². The molecule has 0 bridgehead atoms. The quantitative estimate of drug-likeness (QED) is 0.325. The van der Waals surface area contributed by atoms with Crippen LogP contribution in [0, 0.1) is 0 Å². The maximum atomic E-state index is 11.3. The van der Waals surface area contributed by atoms with E-state index in [0.29, 0.717) is 29.6 Å². The van der Waals surface area contributed by atoms with E-state index in [1.54, 1.807) is 24.3 Å². The van der Waals surface area contributed by atoms with Gasteiger partial charge in [0.25, 0.3) is 0 Å². The molecule has 1 aromatic heterocycles. The zero-order valence-electron chi connectivity index (χ0n) is 18.2. The van der Waals surface area contributed by atoms with Gasteiger partial charge >= 0.3 is 4.87 Å². The first-order valence-electron chi connectivity index (χ1n) is 11.0. The Morgan fingerprint density at radius 2 is 1.79 bits per heavy atom. The van der Waals surface area contributed by atoms with Crippen LogP contribution in [-0.2, 0) is 6.42 Å². The van der Waals surface area contributed by atoms with Crippen LogP contribution in [0.4, 0.5) is 5.69 Å². The van der Waals surface area contributed by atoms with Gasteiger partial charge in [0.05, 0.1) is 4.88 Å². The number of piperidine rings is 1. The minimum absolute atomic E-state index is 0.0410. The zero-order chi connectivity index (χ0) is 23.2. The summed E-state index contributed by atoms with van der Waals surface area (Å²) in [5, 5.41) is 32.7. The van der Waals surface area contributed by atoms with Crippen LogP contribution in [0.1, 0.15) is 23.3 Å². The Morgan fingerprint density at radius 1 is 1.09 bits per heavy atom. The number of phenols is 1. The minimum Gasteiger partial charge on any atom is -0.508 e. The average Bonchev–Trinajstić information content (AvgIpc) is 3.14. The largest absolute Gasteiger partial charge is 0.508 e. The first-order valence-corrected chi connectivity index (χ1v) is 11.9. The first kappa shape index (κ1) is 23.2. The molecule has 0 saturated carbocycles. The van der Waals surface area contributed by atoms with Gasteiger partial charge in [-0.1, -0.05) is 23.5 Å². The molecule has 33 heavy (non-hydrogen) atoms. The number of thiazole rings is 1. The number of aliphatic hydroxyl groups excluding tert-OH is 1. The van der Waals surface area contributed by atoms with E-state index >= 15 is 0 Å². The second-order valence-corrected chi connectivity index (χ2v) is 9.33. The standard InChI is InChI=1S/C24H29N3O5S/c28-19-5-7-21(8-6-19)32-15-20(29)14-25-17-9-11-27(12-10-17)18-3-1-16(2-4-18)13-22-23(30)26-24(31)33-22/h1-8,17,20,25,28-30H,9-15H2,(H,26,31)/t20-/m0/s1. The van der Waals surface area contributed by atoms with Crippen molar-refractivity contribution in [1.29, 1.82) is 0 Å². The third-order valence-electron chi connectivity index (χ3n) is 5.78. The number of rotatable bonds is 9. The Balaban J connectivity index is 1.18. The van der Waals surface area contributed by atoms with Gasteiger partial charge in [-0.25, -0.2) is 0 Å². The number of hydrogen-bond donors (Lipinski definition) is 5.